The van der Waals surface area contributed by atoms with E-state index in [1.165, 1.54) is 11.8 Å². The van der Waals surface area contributed by atoms with Gasteiger partial charge in [-0.25, -0.2) is 4.98 Å². The molecule has 0 unspecified atom stereocenters. The van der Waals surface area contributed by atoms with Crippen LogP contribution in [-0.2, 0) is 23.7 Å². The second kappa shape index (κ2) is 8.93. The van der Waals surface area contributed by atoms with Crippen LogP contribution < -0.4 is 4.74 Å². The maximum atomic E-state index is 11.7. The molecule has 3 aromatic rings. The molecule has 146 valence electrons. The molecule has 1 aromatic carbocycles. The van der Waals surface area contributed by atoms with Crippen molar-refractivity contribution in [3.8, 4) is 5.75 Å². The minimum absolute atomic E-state index is 0.142. The van der Waals surface area contributed by atoms with Gasteiger partial charge in [-0.15, -0.1) is 21.5 Å². The standard InChI is InChI=1S/C18H17ClN4O3S2/c19-12-3-5-14(6-4-12)25-9-16-20-13(10-27-16)11-28-18-22-21-15(26-18)8-23-7-1-2-17(23)24/h3-6,10H,1-2,7-9,11H2. The molecule has 1 saturated heterocycles. The first-order chi connectivity index (χ1) is 13.7. The fraction of sp³-hybridized carbons (Fsp3) is 0.333. The van der Waals surface area contributed by atoms with Gasteiger partial charge < -0.3 is 14.1 Å². The third-order valence-electron chi connectivity index (χ3n) is 4.06. The molecule has 1 aliphatic rings. The Kier molecular flexibility index (Phi) is 6.13. The molecule has 1 fully saturated rings. The van der Waals surface area contributed by atoms with E-state index in [4.69, 9.17) is 20.8 Å². The Bertz CT molecular complexity index is 944. The quantitative estimate of drug-likeness (QED) is 0.490. The highest BCUT2D eigenvalue weighted by atomic mass is 35.5. The number of hydrogen-bond donors (Lipinski definition) is 0. The van der Waals surface area contributed by atoms with Crippen molar-refractivity contribution in [1.82, 2.24) is 20.1 Å². The number of benzene rings is 1. The normalized spacial score (nSPS) is 14.0. The highest BCUT2D eigenvalue weighted by Gasteiger charge is 2.22. The fourth-order valence-electron chi connectivity index (χ4n) is 2.69. The van der Waals surface area contributed by atoms with E-state index in [0.29, 0.717) is 41.5 Å². The predicted molar refractivity (Wildman–Crippen MR) is 106 cm³/mol. The van der Waals surface area contributed by atoms with Gasteiger partial charge in [0, 0.05) is 29.1 Å². The zero-order valence-corrected chi connectivity index (χ0v) is 17.2. The number of carbonyl (C=O) groups is 1. The van der Waals surface area contributed by atoms with Crippen LogP contribution in [0, 0.1) is 0 Å². The number of nitrogens with zero attached hydrogens (tertiary/aromatic N) is 4. The highest BCUT2D eigenvalue weighted by molar-refractivity contribution is 7.98. The van der Waals surface area contributed by atoms with E-state index in [2.05, 4.69) is 15.2 Å². The number of ether oxygens (including phenoxy) is 1. The van der Waals surface area contributed by atoms with Crippen molar-refractivity contribution in [1.29, 1.82) is 0 Å². The van der Waals surface area contributed by atoms with Crippen LogP contribution in [0.1, 0.15) is 29.4 Å². The molecule has 3 heterocycles. The van der Waals surface area contributed by atoms with E-state index in [9.17, 15) is 4.79 Å². The number of thiazole rings is 1. The molecular formula is C18H17ClN4O3S2. The SMILES string of the molecule is O=C1CCCN1Cc1nnc(SCc2csc(COc3ccc(Cl)cc3)n2)o1. The van der Waals surface area contributed by atoms with Gasteiger partial charge in [0.25, 0.3) is 5.22 Å². The minimum Gasteiger partial charge on any atom is -0.486 e. The third-order valence-corrected chi connectivity index (χ3v) is 6.04. The second-order valence-electron chi connectivity index (χ2n) is 6.14. The molecule has 10 heteroatoms. The second-order valence-corrected chi connectivity index (χ2v) is 8.45. The molecule has 4 rings (SSSR count). The minimum atomic E-state index is 0.142. The van der Waals surface area contributed by atoms with E-state index in [0.717, 1.165) is 29.4 Å². The molecule has 1 amide bonds. The number of rotatable bonds is 8. The van der Waals surface area contributed by atoms with Gasteiger partial charge in [0.15, 0.2) is 0 Å². The van der Waals surface area contributed by atoms with E-state index >= 15 is 0 Å². The topological polar surface area (TPSA) is 81.4 Å². The zero-order chi connectivity index (χ0) is 19.3. The van der Waals surface area contributed by atoms with Gasteiger partial charge in [-0.3, -0.25) is 4.79 Å². The summed E-state index contributed by atoms with van der Waals surface area (Å²) in [6.07, 6.45) is 1.49. The molecule has 2 aromatic heterocycles. The Morgan fingerprint density at radius 1 is 1.29 bits per heavy atom. The zero-order valence-electron chi connectivity index (χ0n) is 14.8. The van der Waals surface area contributed by atoms with Gasteiger partial charge in [0.2, 0.25) is 11.8 Å². The largest absolute Gasteiger partial charge is 0.486 e. The lowest BCUT2D eigenvalue weighted by molar-refractivity contribution is -0.128. The lowest BCUT2D eigenvalue weighted by Crippen LogP contribution is -2.23. The molecule has 0 aliphatic carbocycles. The van der Waals surface area contributed by atoms with Gasteiger partial charge in [-0.1, -0.05) is 23.4 Å². The molecule has 0 spiro atoms. The van der Waals surface area contributed by atoms with Crippen LogP contribution in [0.5, 0.6) is 5.75 Å². The Labute approximate surface area is 175 Å². The van der Waals surface area contributed by atoms with Crippen LogP contribution in [0.4, 0.5) is 0 Å². The van der Waals surface area contributed by atoms with Crippen molar-refractivity contribution >= 4 is 40.6 Å². The van der Waals surface area contributed by atoms with E-state index in [-0.39, 0.29) is 5.91 Å². The molecule has 0 atom stereocenters. The summed E-state index contributed by atoms with van der Waals surface area (Å²) < 4.78 is 11.3. The van der Waals surface area contributed by atoms with Crippen LogP contribution in [0.15, 0.2) is 39.3 Å². The van der Waals surface area contributed by atoms with Crippen LogP contribution >= 0.6 is 34.7 Å². The van der Waals surface area contributed by atoms with Crippen molar-refractivity contribution in [2.75, 3.05) is 6.54 Å². The molecule has 0 bridgehead atoms. The summed E-state index contributed by atoms with van der Waals surface area (Å²) in [5.74, 6) is 1.99. The summed E-state index contributed by atoms with van der Waals surface area (Å²) in [4.78, 5) is 18.0. The van der Waals surface area contributed by atoms with Gasteiger partial charge >= 0.3 is 0 Å². The first-order valence-corrected chi connectivity index (χ1v) is 10.9. The maximum Gasteiger partial charge on any atom is 0.277 e. The Balaban J connectivity index is 1.25. The molecule has 0 saturated carbocycles. The third kappa shape index (κ3) is 5.03. The summed E-state index contributed by atoms with van der Waals surface area (Å²) in [5, 5.41) is 12.1. The molecule has 1 aliphatic heterocycles. The van der Waals surface area contributed by atoms with Crippen LogP contribution in [0.25, 0.3) is 0 Å². The summed E-state index contributed by atoms with van der Waals surface area (Å²) in [6.45, 7) is 1.55. The summed E-state index contributed by atoms with van der Waals surface area (Å²) in [7, 11) is 0. The van der Waals surface area contributed by atoms with E-state index < -0.39 is 0 Å². The van der Waals surface area contributed by atoms with Gasteiger partial charge in [-0.2, -0.15) is 0 Å². The Morgan fingerprint density at radius 2 is 2.14 bits per heavy atom. The number of halogens is 1. The molecule has 0 radical (unpaired) electrons. The predicted octanol–water partition coefficient (Wildman–Crippen LogP) is 4.17. The number of amides is 1. The summed E-state index contributed by atoms with van der Waals surface area (Å²) >= 11 is 8.84. The molecule has 7 nitrogen and oxygen atoms in total. The number of hydrogen-bond acceptors (Lipinski definition) is 8. The van der Waals surface area contributed by atoms with Crippen molar-refractivity contribution in [3.05, 3.63) is 51.3 Å². The first kappa shape index (κ1) is 19.2. The van der Waals surface area contributed by atoms with Crippen LogP contribution in [0.2, 0.25) is 5.02 Å². The molecular weight excluding hydrogens is 420 g/mol. The van der Waals surface area contributed by atoms with Crippen molar-refractivity contribution in [3.63, 3.8) is 0 Å². The number of carbonyl (C=O) groups excluding carboxylic acids is 1. The van der Waals surface area contributed by atoms with Crippen LogP contribution in [0.3, 0.4) is 0 Å². The molecule has 28 heavy (non-hydrogen) atoms. The number of thioether (sulfide) groups is 1. The summed E-state index contributed by atoms with van der Waals surface area (Å²) in [5.41, 5.74) is 0.930. The van der Waals surface area contributed by atoms with E-state index in [1.54, 1.807) is 28.4 Å². The number of aromatic nitrogens is 3. The smallest absolute Gasteiger partial charge is 0.277 e. The van der Waals surface area contributed by atoms with Crippen LogP contribution in [-0.4, -0.2) is 32.5 Å². The number of likely N-dealkylation sites (tertiary alicyclic amines) is 1. The summed E-state index contributed by atoms with van der Waals surface area (Å²) in [6, 6.07) is 7.24. The Hall–Kier alpha value is -2.10. The maximum absolute atomic E-state index is 11.7. The monoisotopic (exact) mass is 436 g/mol. The van der Waals surface area contributed by atoms with Crippen molar-refractivity contribution < 1.29 is 13.9 Å². The highest BCUT2D eigenvalue weighted by Crippen LogP contribution is 2.24. The van der Waals surface area contributed by atoms with Crippen molar-refractivity contribution in [2.45, 2.75) is 37.0 Å². The average molecular weight is 437 g/mol. The first-order valence-electron chi connectivity index (χ1n) is 8.70. The molecule has 0 N–H and O–H groups in total. The lowest BCUT2D eigenvalue weighted by Gasteiger charge is -2.11. The van der Waals surface area contributed by atoms with Gasteiger partial charge in [0.05, 0.1) is 12.2 Å². The van der Waals surface area contributed by atoms with Gasteiger partial charge in [0.1, 0.15) is 17.4 Å². The average Bonchev–Trinajstić information content (AvgIpc) is 3.42. The fourth-order valence-corrected chi connectivity index (χ4v) is 4.30. The van der Waals surface area contributed by atoms with Gasteiger partial charge in [-0.05, 0) is 30.7 Å². The lowest BCUT2D eigenvalue weighted by atomic mass is 10.3. The Morgan fingerprint density at radius 3 is 2.93 bits per heavy atom. The van der Waals surface area contributed by atoms with Crippen molar-refractivity contribution in [2.24, 2.45) is 0 Å². The van der Waals surface area contributed by atoms with E-state index in [1.807, 2.05) is 17.5 Å².